The predicted molar refractivity (Wildman–Crippen MR) is 74.4 cm³/mol. The molecule has 0 radical (unpaired) electrons. The molecule has 0 amide bonds. The minimum atomic E-state index is -0.483. The summed E-state index contributed by atoms with van der Waals surface area (Å²) in [4.78, 5) is 0. The maximum absolute atomic E-state index is 13.3. The first-order valence-corrected chi connectivity index (χ1v) is 6.26. The zero-order chi connectivity index (χ0) is 15.2. The lowest BCUT2D eigenvalue weighted by Crippen LogP contribution is -2.00. The number of ether oxygens (including phenoxy) is 2. The van der Waals surface area contributed by atoms with Crippen LogP contribution in [0.2, 0.25) is 0 Å². The van der Waals surface area contributed by atoms with Gasteiger partial charge in [-0.3, -0.25) is 0 Å². The largest absolute Gasteiger partial charge is 0.493 e. The van der Waals surface area contributed by atoms with Crippen LogP contribution in [0.4, 0.5) is 4.39 Å². The van der Waals surface area contributed by atoms with Gasteiger partial charge in [-0.05, 0) is 41.5 Å². The molecule has 0 spiro atoms. The highest BCUT2D eigenvalue weighted by Gasteiger charge is 2.07. The standard InChI is InChI=1S/C16H14FNO3/c1-20-15-3-2-11(9-19)7-16(15)21-10-13-4-12(8-18)5-14(17)6-13/h2-7,19H,9-10H2,1H3. The van der Waals surface area contributed by atoms with Gasteiger partial charge in [0.05, 0.1) is 25.3 Å². The van der Waals surface area contributed by atoms with Crippen molar-refractivity contribution in [2.45, 2.75) is 13.2 Å². The monoisotopic (exact) mass is 287 g/mol. The van der Waals surface area contributed by atoms with Crippen molar-refractivity contribution in [1.82, 2.24) is 0 Å². The summed E-state index contributed by atoms with van der Waals surface area (Å²) in [6.45, 7) is -0.0173. The number of hydrogen-bond acceptors (Lipinski definition) is 4. The van der Waals surface area contributed by atoms with Crippen LogP contribution in [0.25, 0.3) is 0 Å². The van der Waals surface area contributed by atoms with Crippen LogP contribution in [-0.2, 0) is 13.2 Å². The maximum Gasteiger partial charge on any atom is 0.162 e. The van der Waals surface area contributed by atoms with Crippen LogP contribution in [0.15, 0.2) is 36.4 Å². The quantitative estimate of drug-likeness (QED) is 0.918. The van der Waals surface area contributed by atoms with Gasteiger partial charge >= 0.3 is 0 Å². The van der Waals surface area contributed by atoms with Crippen LogP contribution in [0.5, 0.6) is 11.5 Å². The van der Waals surface area contributed by atoms with Crippen LogP contribution < -0.4 is 9.47 Å². The molecule has 0 unspecified atom stereocenters. The Morgan fingerprint density at radius 1 is 1.14 bits per heavy atom. The molecular formula is C16H14FNO3. The van der Waals surface area contributed by atoms with E-state index in [0.717, 1.165) is 6.07 Å². The fourth-order valence-electron chi connectivity index (χ4n) is 1.89. The number of nitrogens with zero attached hydrogens (tertiary/aromatic N) is 1. The number of aliphatic hydroxyl groups is 1. The van der Waals surface area contributed by atoms with Crippen molar-refractivity contribution in [2.75, 3.05) is 7.11 Å². The molecule has 0 fully saturated rings. The van der Waals surface area contributed by atoms with E-state index in [2.05, 4.69) is 0 Å². The molecule has 0 bridgehead atoms. The van der Waals surface area contributed by atoms with Crippen LogP contribution in [0.3, 0.4) is 0 Å². The van der Waals surface area contributed by atoms with Crippen molar-refractivity contribution < 1.29 is 19.0 Å². The summed E-state index contributed by atoms with van der Waals surface area (Å²) in [5.41, 5.74) is 1.47. The van der Waals surface area contributed by atoms with Crippen molar-refractivity contribution in [1.29, 1.82) is 5.26 Å². The Labute approximate surface area is 122 Å². The van der Waals surface area contributed by atoms with Gasteiger partial charge in [-0.1, -0.05) is 6.07 Å². The molecule has 4 nitrogen and oxygen atoms in total. The first kappa shape index (κ1) is 14.8. The van der Waals surface area contributed by atoms with E-state index >= 15 is 0 Å². The molecule has 0 aromatic heterocycles. The number of halogens is 1. The first-order chi connectivity index (χ1) is 10.2. The molecule has 0 aliphatic heterocycles. The molecule has 108 valence electrons. The second-order valence-corrected chi connectivity index (χ2v) is 4.39. The Hall–Kier alpha value is -2.58. The van der Waals surface area contributed by atoms with Crippen molar-refractivity contribution >= 4 is 0 Å². The van der Waals surface area contributed by atoms with E-state index in [0.29, 0.717) is 22.6 Å². The zero-order valence-corrected chi connectivity index (χ0v) is 11.5. The molecule has 0 saturated carbocycles. The molecular weight excluding hydrogens is 273 g/mol. The lowest BCUT2D eigenvalue weighted by Gasteiger charge is -2.12. The minimum Gasteiger partial charge on any atom is -0.493 e. The van der Waals surface area contributed by atoms with Crippen LogP contribution >= 0.6 is 0 Å². The fourth-order valence-corrected chi connectivity index (χ4v) is 1.89. The predicted octanol–water partition coefficient (Wildman–Crippen LogP) is 2.78. The zero-order valence-electron chi connectivity index (χ0n) is 11.5. The van der Waals surface area contributed by atoms with Gasteiger partial charge in [-0.2, -0.15) is 5.26 Å². The lowest BCUT2D eigenvalue weighted by atomic mass is 10.1. The molecule has 5 heteroatoms. The Bertz CT molecular complexity index is 680. The SMILES string of the molecule is COc1ccc(CO)cc1OCc1cc(F)cc(C#N)c1. The first-order valence-electron chi connectivity index (χ1n) is 6.26. The fraction of sp³-hybridized carbons (Fsp3) is 0.188. The molecule has 0 atom stereocenters. The smallest absolute Gasteiger partial charge is 0.162 e. The van der Waals surface area contributed by atoms with E-state index in [1.807, 2.05) is 6.07 Å². The molecule has 2 rings (SSSR count). The van der Waals surface area contributed by atoms with E-state index in [1.165, 1.54) is 13.2 Å². The Balaban J connectivity index is 2.19. The highest BCUT2D eigenvalue weighted by atomic mass is 19.1. The normalized spacial score (nSPS) is 10.0. The van der Waals surface area contributed by atoms with Crippen molar-refractivity contribution in [2.24, 2.45) is 0 Å². The van der Waals surface area contributed by atoms with Gasteiger partial charge < -0.3 is 14.6 Å². The third-order valence-corrected chi connectivity index (χ3v) is 2.89. The number of methoxy groups -OCH3 is 1. The average molecular weight is 287 g/mol. The van der Waals surface area contributed by atoms with E-state index in [-0.39, 0.29) is 18.8 Å². The molecule has 0 heterocycles. The summed E-state index contributed by atoms with van der Waals surface area (Å²) in [5.74, 6) is 0.486. The highest BCUT2D eigenvalue weighted by molar-refractivity contribution is 5.43. The van der Waals surface area contributed by atoms with E-state index in [4.69, 9.17) is 19.8 Å². The summed E-state index contributed by atoms with van der Waals surface area (Å²) in [5, 5.41) is 18.0. The number of rotatable bonds is 5. The summed E-state index contributed by atoms with van der Waals surface area (Å²) < 4.78 is 24.1. The molecule has 2 aromatic carbocycles. The third kappa shape index (κ3) is 3.71. The van der Waals surface area contributed by atoms with Crippen LogP contribution in [0.1, 0.15) is 16.7 Å². The van der Waals surface area contributed by atoms with Crippen molar-refractivity contribution in [3.8, 4) is 17.6 Å². The van der Waals surface area contributed by atoms with Crippen LogP contribution in [-0.4, -0.2) is 12.2 Å². The topological polar surface area (TPSA) is 62.5 Å². The number of hydrogen-bond donors (Lipinski definition) is 1. The van der Waals surface area contributed by atoms with E-state index in [1.54, 1.807) is 24.3 Å². The Kier molecular flexibility index (Phi) is 4.75. The van der Waals surface area contributed by atoms with Gasteiger partial charge in [-0.25, -0.2) is 4.39 Å². The van der Waals surface area contributed by atoms with Gasteiger partial charge in [0.2, 0.25) is 0 Å². The van der Waals surface area contributed by atoms with E-state index < -0.39 is 5.82 Å². The van der Waals surface area contributed by atoms with Gasteiger partial charge in [-0.15, -0.1) is 0 Å². The molecule has 0 aliphatic carbocycles. The molecule has 1 N–H and O–H groups in total. The van der Waals surface area contributed by atoms with Crippen molar-refractivity contribution in [3.05, 3.63) is 58.9 Å². The van der Waals surface area contributed by atoms with Gasteiger partial charge in [0, 0.05) is 0 Å². The second kappa shape index (κ2) is 6.73. The van der Waals surface area contributed by atoms with Crippen molar-refractivity contribution in [3.63, 3.8) is 0 Å². The lowest BCUT2D eigenvalue weighted by molar-refractivity contribution is 0.271. The molecule has 21 heavy (non-hydrogen) atoms. The van der Waals surface area contributed by atoms with Gasteiger partial charge in [0.25, 0.3) is 0 Å². The maximum atomic E-state index is 13.3. The summed E-state index contributed by atoms with van der Waals surface area (Å²) in [6.07, 6.45) is 0. The summed E-state index contributed by atoms with van der Waals surface area (Å²) in [7, 11) is 1.51. The number of benzene rings is 2. The molecule has 0 aliphatic rings. The van der Waals surface area contributed by atoms with Gasteiger partial charge in [0.1, 0.15) is 12.4 Å². The number of nitriles is 1. The Morgan fingerprint density at radius 3 is 2.62 bits per heavy atom. The van der Waals surface area contributed by atoms with Gasteiger partial charge in [0.15, 0.2) is 11.5 Å². The summed E-state index contributed by atoms with van der Waals surface area (Å²) in [6, 6.07) is 11.0. The minimum absolute atomic E-state index is 0.0949. The van der Waals surface area contributed by atoms with Crippen LogP contribution in [0, 0.1) is 17.1 Å². The average Bonchev–Trinajstić information content (AvgIpc) is 2.51. The summed E-state index contributed by atoms with van der Waals surface area (Å²) >= 11 is 0. The third-order valence-electron chi connectivity index (χ3n) is 2.89. The second-order valence-electron chi connectivity index (χ2n) is 4.39. The molecule has 2 aromatic rings. The Morgan fingerprint density at radius 2 is 1.95 bits per heavy atom. The molecule has 0 saturated heterocycles. The highest BCUT2D eigenvalue weighted by Crippen LogP contribution is 2.29. The van der Waals surface area contributed by atoms with E-state index in [9.17, 15) is 4.39 Å². The number of aliphatic hydroxyl groups excluding tert-OH is 1.